The zero-order valence-electron chi connectivity index (χ0n) is 13.7. The molecule has 2 aromatic heterocycles. The quantitative estimate of drug-likeness (QED) is 0.669. The maximum absolute atomic E-state index is 13.1. The third-order valence-electron chi connectivity index (χ3n) is 3.66. The third kappa shape index (κ3) is 4.32. The van der Waals surface area contributed by atoms with Gasteiger partial charge < -0.3 is 4.74 Å². The molecule has 0 radical (unpaired) electrons. The van der Waals surface area contributed by atoms with Crippen LogP contribution in [0.4, 0.5) is 13.2 Å². The number of aromatic nitrogens is 4. The Morgan fingerprint density at radius 2 is 1.77 bits per heavy atom. The van der Waals surface area contributed by atoms with Crippen molar-refractivity contribution in [3.8, 4) is 5.75 Å². The molecule has 0 spiro atoms. The third-order valence-corrected chi connectivity index (χ3v) is 3.85. The van der Waals surface area contributed by atoms with Gasteiger partial charge in [0.2, 0.25) is 0 Å². The van der Waals surface area contributed by atoms with Crippen LogP contribution in [0.15, 0.2) is 42.7 Å². The maximum atomic E-state index is 13.1. The highest BCUT2D eigenvalue weighted by Gasteiger charge is 2.35. The number of ether oxygens (including phenoxy) is 1. The Hall–Kier alpha value is -2.61. The van der Waals surface area contributed by atoms with Crippen LogP contribution >= 0.6 is 11.6 Å². The molecule has 0 saturated carbocycles. The van der Waals surface area contributed by atoms with Crippen molar-refractivity contribution in [1.29, 1.82) is 0 Å². The lowest BCUT2D eigenvalue weighted by Gasteiger charge is -2.08. The zero-order chi connectivity index (χ0) is 18.7. The Kier molecular flexibility index (Phi) is 5.13. The number of hydrogen-bond donors (Lipinski definition) is 0. The van der Waals surface area contributed by atoms with Gasteiger partial charge in [0, 0.05) is 24.5 Å². The maximum Gasteiger partial charge on any atom is 0.435 e. The highest BCUT2D eigenvalue weighted by molar-refractivity contribution is 6.30. The first kappa shape index (κ1) is 18.2. The second-order valence-electron chi connectivity index (χ2n) is 5.52. The summed E-state index contributed by atoms with van der Waals surface area (Å²) in [7, 11) is 1.54. The SMILES string of the molecule is COc1ccc(Cn2nc(C(F)(F)F)cc2Cc2ncc(Cl)cn2)cc1. The van der Waals surface area contributed by atoms with Gasteiger partial charge in [0.25, 0.3) is 0 Å². The molecule has 136 valence electrons. The highest BCUT2D eigenvalue weighted by atomic mass is 35.5. The van der Waals surface area contributed by atoms with Crippen LogP contribution in [0.3, 0.4) is 0 Å². The monoisotopic (exact) mass is 382 g/mol. The largest absolute Gasteiger partial charge is 0.497 e. The van der Waals surface area contributed by atoms with Gasteiger partial charge >= 0.3 is 6.18 Å². The molecule has 0 aliphatic rings. The van der Waals surface area contributed by atoms with E-state index in [1.165, 1.54) is 17.1 Å². The molecule has 0 atom stereocenters. The molecule has 0 aliphatic carbocycles. The van der Waals surface area contributed by atoms with Crippen molar-refractivity contribution in [3.63, 3.8) is 0 Å². The molecule has 1 aromatic carbocycles. The summed E-state index contributed by atoms with van der Waals surface area (Å²) in [6, 6.07) is 8.05. The van der Waals surface area contributed by atoms with E-state index < -0.39 is 11.9 Å². The Morgan fingerprint density at radius 1 is 1.12 bits per heavy atom. The van der Waals surface area contributed by atoms with Crippen LogP contribution < -0.4 is 4.74 Å². The van der Waals surface area contributed by atoms with Gasteiger partial charge in [0.15, 0.2) is 5.69 Å². The topological polar surface area (TPSA) is 52.8 Å². The number of benzene rings is 1. The minimum atomic E-state index is -4.53. The number of hydrogen-bond acceptors (Lipinski definition) is 4. The van der Waals surface area contributed by atoms with E-state index in [0.717, 1.165) is 11.6 Å². The van der Waals surface area contributed by atoms with Crippen molar-refractivity contribution < 1.29 is 17.9 Å². The molecule has 0 N–H and O–H groups in total. The van der Waals surface area contributed by atoms with Crippen LogP contribution in [0.2, 0.25) is 5.02 Å². The highest BCUT2D eigenvalue weighted by Crippen LogP contribution is 2.29. The van der Waals surface area contributed by atoms with Crippen LogP contribution in [-0.2, 0) is 19.1 Å². The van der Waals surface area contributed by atoms with E-state index >= 15 is 0 Å². The minimum Gasteiger partial charge on any atom is -0.497 e. The fourth-order valence-electron chi connectivity index (χ4n) is 2.37. The molecule has 0 fully saturated rings. The number of rotatable bonds is 5. The van der Waals surface area contributed by atoms with E-state index in [2.05, 4.69) is 15.1 Å². The first-order chi connectivity index (χ1) is 12.3. The lowest BCUT2D eigenvalue weighted by atomic mass is 10.2. The molecule has 26 heavy (non-hydrogen) atoms. The number of halogens is 4. The van der Waals surface area contributed by atoms with E-state index in [0.29, 0.717) is 22.3 Å². The Bertz CT molecular complexity index is 877. The van der Waals surface area contributed by atoms with E-state index in [1.54, 1.807) is 31.4 Å². The first-order valence-corrected chi connectivity index (χ1v) is 7.96. The summed E-state index contributed by atoms with van der Waals surface area (Å²) in [5.41, 5.74) is 0.200. The summed E-state index contributed by atoms with van der Waals surface area (Å²) < 4.78 is 45.6. The predicted octanol–water partition coefficient (Wildman–Crippen LogP) is 3.99. The summed E-state index contributed by atoms with van der Waals surface area (Å²) in [4.78, 5) is 8.07. The van der Waals surface area contributed by atoms with Gasteiger partial charge in [0.05, 0.1) is 18.7 Å². The van der Waals surface area contributed by atoms with Crippen molar-refractivity contribution in [2.24, 2.45) is 0 Å². The van der Waals surface area contributed by atoms with Crippen molar-refractivity contribution in [3.05, 3.63) is 70.5 Å². The number of methoxy groups -OCH3 is 1. The van der Waals surface area contributed by atoms with Gasteiger partial charge in [-0.15, -0.1) is 0 Å². The molecule has 0 bridgehead atoms. The Balaban J connectivity index is 1.90. The van der Waals surface area contributed by atoms with Crippen LogP contribution in [0, 0.1) is 0 Å². The lowest BCUT2D eigenvalue weighted by molar-refractivity contribution is -0.141. The first-order valence-electron chi connectivity index (χ1n) is 7.58. The average molecular weight is 383 g/mol. The van der Waals surface area contributed by atoms with E-state index in [4.69, 9.17) is 16.3 Å². The standard InChI is InChI=1S/C17H14ClF3N4O/c1-26-14-4-2-11(3-5-14)10-25-13(6-15(24-25)17(19,20)21)7-16-22-8-12(18)9-23-16/h2-6,8-9H,7,10H2,1H3. The summed E-state index contributed by atoms with van der Waals surface area (Å²) in [6.45, 7) is 0.184. The molecule has 2 heterocycles. The van der Waals surface area contributed by atoms with E-state index in [1.807, 2.05) is 0 Å². The van der Waals surface area contributed by atoms with Crippen molar-refractivity contribution >= 4 is 11.6 Å². The van der Waals surface area contributed by atoms with Gasteiger partial charge in [-0.3, -0.25) is 4.68 Å². The van der Waals surface area contributed by atoms with E-state index in [-0.39, 0.29) is 13.0 Å². The molecule has 5 nitrogen and oxygen atoms in total. The van der Waals surface area contributed by atoms with Crippen molar-refractivity contribution in [1.82, 2.24) is 19.7 Å². The minimum absolute atomic E-state index is 0.108. The van der Waals surface area contributed by atoms with Crippen LogP contribution in [0.25, 0.3) is 0 Å². The number of nitrogens with zero attached hydrogens (tertiary/aromatic N) is 4. The second kappa shape index (κ2) is 7.33. The van der Waals surface area contributed by atoms with Crippen LogP contribution in [0.5, 0.6) is 5.75 Å². The second-order valence-corrected chi connectivity index (χ2v) is 5.96. The predicted molar refractivity (Wildman–Crippen MR) is 89.2 cm³/mol. The Morgan fingerprint density at radius 3 is 2.35 bits per heavy atom. The molecular weight excluding hydrogens is 369 g/mol. The van der Waals surface area contributed by atoms with Gasteiger partial charge in [0.1, 0.15) is 11.6 Å². The van der Waals surface area contributed by atoms with Crippen LogP contribution in [-0.4, -0.2) is 26.9 Å². The van der Waals surface area contributed by atoms with Crippen molar-refractivity contribution in [2.75, 3.05) is 7.11 Å². The van der Waals surface area contributed by atoms with Gasteiger partial charge in [-0.1, -0.05) is 23.7 Å². The fraction of sp³-hybridized carbons (Fsp3) is 0.235. The molecule has 0 amide bonds. The smallest absolute Gasteiger partial charge is 0.435 e. The zero-order valence-corrected chi connectivity index (χ0v) is 14.4. The summed E-state index contributed by atoms with van der Waals surface area (Å²) in [5.74, 6) is 1.03. The molecule has 0 saturated heterocycles. The van der Waals surface area contributed by atoms with E-state index in [9.17, 15) is 13.2 Å². The summed E-state index contributed by atoms with van der Waals surface area (Å²) in [5, 5.41) is 4.07. The molecule has 0 unspecified atom stereocenters. The molecule has 0 aliphatic heterocycles. The number of alkyl halides is 3. The normalized spacial score (nSPS) is 11.6. The molecule has 3 aromatic rings. The average Bonchev–Trinajstić information content (AvgIpc) is 3.00. The van der Waals surface area contributed by atoms with Gasteiger partial charge in [-0.25, -0.2) is 9.97 Å². The fourth-order valence-corrected chi connectivity index (χ4v) is 2.47. The van der Waals surface area contributed by atoms with Crippen LogP contribution in [0.1, 0.15) is 22.8 Å². The van der Waals surface area contributed by atoms with Gasteiger partial charge in [-0.2, -0.15) is 18.3 Å². The molecule has 3 rings (SSSR count). The molecule has 9 heteroatoms. The lowest BCUT2D eigenvalue weighted by Crippen LogP contribution is -2.10. The summed E-state index contributed by atoms with van der Waals surface area (Å²) >= 11 is 5.74. The Labute approximate surface area is 152 Å². The molecular formula is C17H14ClF3N4O. The van der Waals surface area contributed by atoms with Crippen molar-refractivity contribution in [2.45, 2.75) is 19.1 Å². The summed E-state index contributed by atoms with van der Waals surface area (Å²) in [6.07, 6.45) is -1.62. The van der Waals surface area contributed by atoms with Gasteiger partial charge in [-0.05, 0) is 23.8 Å².